The van der Waals surface area contributed by atoms with Crippen LogP contribution in [0.4, 0.5) is 11.4 Å². The van der Waals surface area contributed by atoms with E-state index in [1.54, 1.807) is 7.11 Å². The Morgan fingerprint density at radius 3 is 2.32 bits per heavy atom. The van der Waals surface area contributed by atoms with Crippen molar-refractivity contribution in [2.75, 3.05) is 50.1 Å². The normalized spacial score (nSPS) is 15.3. The van der Waals surface area contributed by atoms with Crippen LogP contribution in [0.3, 0.4) is 0 Å². The van der Waals surface area contributed by atoms with Crippen LogP contribution < -0.4 is 20.1 Å². The Morgan fingerprint density at radius 1 is 1.07 bits per heavy atom. The highest BCUT2D eigenvalue weighted by atomic mass is 32.2. The minimum Gasteiger partial charge on any atom is -0.495 e. The molecule has 8 nitrogen and oxygen atoms in total. The van der Waals surface area contributed by atoms with Crippen molar-refractivity contribution in [3.63, 3.8) is 0 Å². The second-order valence-electron chi connectivity index (χ2n) is 6.55. The molecule has 1 amide bonds. The topological polar surface area (TPSA) is 105 Å². The molecule has 0 saturated carbocycles. The molecule has 28 heavy (non-hydrogen) atoms. The first-order chi connectivity index (χ1) is 13.4. The number of sulfonamides is 1. The van der Waals surface area contributed by atoms with Gasteiger partial charge in [0.2, 0.25) is 15.9 Å². The third-order valence-corrected chi connectivity index (χ3v) is 5.56. The average Bonchev–Trinajstić information content (AvgIpc) is 2.68. The second kappa shape index (κ2) is 8.59. The SMILES string of the molecule is COc1ccccc1N1CCN(CC(=O)Nc2ccc(S(N)(=O)=O)cc2)CC1. The van der Waals surface area contributed by atoms with Crippen LogP contribution in [0, 0.1) is 0 Å². The highest BCUT2D eigenvalue weighted by molar-refractivity contribution is 7.89. The summed E-state index contributed by atoms with van der Waals surface area (Å²) in [5.74, 6) is 0.700. The summed E-state index contributed by atoms with van der Waals surface area (Å²) >= 11 is 0. The van der Waals surface area contributed by atoms with Gasteiger partial charge in [0.05, 0.1) is 24.2 Å². The number of benzene rings is 2. The molecule has 9 heteroatoms. The third-order valence-electron chi connectivity index (χ3n) is 4.63. The number of methoxy groups -OCH3 is 1. The van der Waals surface area contributed by atoms with Gasteiger partial charge in [0.1, 0.15) is 5.75 Å². The van der Waals surface area contributed by atoms with E-state index < -0.39 is 10.0 Å². The summed E-state index contributed by atoms with van der Waals surface area (Å²) < 4.78 is 28.0. The number of ether oxygens (including phenoxy) is 1. The van der Waals surface area contributed by atoms with E-state index in [1.807, 2.05) is 24.3 Å². The maximum Gasteiger partial charge on any atom is 0.238 e. The first-order valence-corrected chi connectivity index (χ1v) is 10.4. The van der Waals surface area contributed by atoms with Crippen molar-refractivity contribution in [2.24, 2.45) is 5.14 Å². The Labute approximate surface area is 164 Å². The molecular weight excluding hydrogens is 380 g/mol. The molecule has 0 atom stereocenters. The number of anilines is 2. The molecule has 150 valence electrons. The van der Waals surface area contributed by atoms with Crippen LogP contribution in [-0.4, -0.2) is 59.1 Å². The van der Waals surface area contributed by atoms with Gasteiger partial charge in [-0.2, -0.15) is 0 Å². The molecular formula is C19H24N4O4S. The molecule has 0 spiro atoms. The molecule has 1 aliphatic heterocycles. The smallest absolute Gasteiger partial charge is 0.238 e. The summed E-state index contributed by atoms with van der Waals surface area (Å²) in [4.78, 5) is 16.6. The average molecular weight is 404 g/mol. The molecule has 1 heterocycles. The molecule has 2 aromatic rings. The van der Waals surface area contributed by atoms with E-state index in [-0.39, 0.29) is 17.3 Å². The van der Waals surface area contributed by atoms with Crippen molar-refractivity contribution in [2.45, 2.75) is 4.90 Å². The number of nitrogens with zero attached hydrogens (tertiary/aromatic N) is 2. The quantitative estimate of drug-likeness (QED) is 0.747. The minimum absolute atomic E-state index is 0.0120. The number of primary sulfonamides is 1. The molecule has 1 fully saturated rings. The molecule has 3 rings (SSSR count). The number of para-hydroxylation sites is 2. The lowest BCUT2D eigenvalue weighted by atomic mass is 10.2. The molecule has 0 radical (unpaired) electrons. The van der Waals surface area contributed by atoms with Crippen LogP contribution in [-0.2, 0) is 14.8 Å². The number of nitrogens with two attached hydrogens (primary N) is 1. The zero-order valence-corrected chi connectivity index (χ0v) is 16.5. The Balaban J connectivity index is 1.51. The van der Waals surface area contributed by atoms with Crippen molar-refractivity contribution in [1.82, 2.24) is 4.90 Å². The first-order valence-electron chi connectivity index (χ1n) is 8.90. The Hall–Kier alpha value is -2.62. The molecule has 0 unspecified atom stereocenters. The van der Waals surface area contributed by atoms with Gasteiger partial charge in [-0.05, 0) is 36.4 Å². The molecule has 1 saturated heterocycles. The van der Waals surface area contributed by atoms with Gasteiger partial charge in [-0.15, -0.1) is 0 Å². The van der Waals surface area contributed by atoms with Crippen molar-refractivity contribution in [3.05, 3.63) is 48.5 Å². The highest BCUT2D eigenvalue weighted by Crippen LogP contribution is 2.28. The van der Waals surface area contributed by atoms with Crippen molar-refractivity contribution in [1.29, 1.82) is 0 Å². The van der Waals surface area contributed by atoms with Gasteiger partial charge in [0.25, 0.3) is 0 Å². The largest absolute Gasteiger partial charge is 0.495 e. The standard InChI is InChI=1S/C19H24N4O4S/c1-27-18-5-3-2-4-17(18)23-12-10-22(11-13-23)14-19(24)21-15-6-8-16(9-7-15)28(20,25)26/h2-9H,10-14H2,1H3,(H,21,24)(H2,20,25,26). The molecule has 3 N–H and O–H groups in total. The lowest BCUT2D eigenvalue weighted by Crippen LogP contribution is -2.48. The minimum atomic E-state index is -3.74. The van der Waals surface area contributed by atoms with Gasteiger partial charge in [0, 0.05) is 31.9 Å². The van der Waals surface area contributed by atoms with E-state index >= 15 is 0 Å². The van der Waals surface area contributed by atoms with Gasteiger partial charge >= 0.3 is 0 Å². The van der Waals surface area contributed by atoms with Gasteiger partial charge < -0.3 is 15.0 Å². The number of hydrogen-bond donors (Lipinski definition) is 2. The van der Waals surface area contributed by atoms with Crippen LogP contribution >= 0.6 is 0 Å². The Bertz CT molecular complexity index is 923. The predicted molar refractivity (Wildman–Crippen MR) is 108 cm³/mol. The summed E-state index contributed by atoms with van der Waals surface area (Å²) in [6, 6.07) is 13.7. The van der Waals surface area contributed by atoms with Crippen molar-refractivity contribution < 1.29 is 17.9 Å². The fourth-order valence-corrected chi connectivity index (χ4v) is 3.68. The maximum atomic E-state index is 12.3. The highest BCUT2D eigenvalue weighted by Gasteiger charge is 2.21. The lowest BCUT2D eigenvalue weighted by molar-refractivity contribution is -0.117. The fraction of sp³-hybridized carbons (Fsp3) is 0.316. The molecule has 0 aliphatic carbocycles. The number of amides is 1. The van der Waals surface area contributed by atoms with Crippen LogP contribution in [0.5, 0.6) is 5.75 Å². The molecule has 2 aromatic carbocycles. The molecule has 0 bridgehead atoms. The number of nitrogens with one attached hydrogen (secondary N) is 1. The van der Waals surface area contributed by atoms with Gasteiger partial charge in [0.15, 0.2) is 0 Å². The van der Waals surface area contributed by atoms with Crippen LogP contribution in [0.25, 0.3) is 0 Å². The van der Waals surface area contributed by atoms with E-state index in [2.05, 4.69) is 15.1 Å². The van der Waals surface area contributed by atoms with Crippen LogP contribution in [0.1, 0.15) is 0 Å². The predicted octanol–water partition coefficient (Wildman–Crippen LogP) is 1.10. The van der Waals surface area contributed by atoms with Gasteiger partial charge in [-0.3, -0.25) is 9.69 Å². The third kappa shape index (κ3) is 5.00. The summed E-state index contributed by atoms with van der Waals surface area (Å²) in [5.41, 5.74) is 1.59. The first kappa shape index (κ1) is 20.1. The zero-order valence-electron chi connectivity index (χ0n) is 15.7. The number of carbonyl (C=O) groups excluding carboxylic acids is 1. The molecule has 1 aliphatic rings. The summed E-state index contributed by atoms with van der Waals surface area (Å²) in [5, 5.41) is 7.85. The Kier molecular flexibility index (Phi) is 6.18. The fourth-order valence-electron chi connectivity index (χ4n) is 3.17. The van der Waals surface area contributed by atoms with E-state index in [9.17, 15) is 13.2 Å². The summed E-state index contributed by atoms with van der Waals surface area (Å²) in [6.45, 7) is 3.40. The van der Waals surface area contributed by atoms with E-state index in [1.165, 1.54) is 24.3 Å². The van der Waals surface area contributed by atoms with Crippen LogP contribution in [0.15, 0.2) is 53.4 Å². The number of carbonyl (C=O) groups is 1. The number of rotatable bonds is 6. The van der Waals surface area contributed by atoms with E-state index in [0.717, 1.165) is 37.6 Å². The van der Waals surface area contributed by atoms with E-state index in [4.69, 9.17) is 9.88 Å². The monoisotopic (exact) mass is 404 g/mol. The number of piperazine rings is 1. The molecule has 0 aromatic heterocycles. The summed E-state index contributed by atoms with van der Waals surface area (Å²) in [6.07, 6.45) is 0. The maximum absolute atomic E-state index is 12.3. The van der Waals surface area contributed by atoms with E-state index in [0.29, 0.717) is 5.69 Å². The Morgan fingerprint density at radius 2 is 1.71 bits per heavy atom. The van der Waals surface area contributed by atoms with Crippen LogP contribution in [0.2, 0.25) is 0 Å². The second-order valence-corrected chi connectivity index (χ2v) is 8.11. The summed E-state index contributed by atoms with van der Waals surface area (Å²) in [7, 11) is -2.08. The number of hydrogen-bond acceptors (Lipinski definition) is 6. The van der Waals surface area contributed by atoms with Gasteiger partial charge in [-0.25, -0.2) is 13.6 Å². The van der Waals surface area contributed by atoms with Gasteiger partial charge in [-0.1, -0.05) is 12.1 Å². The van der Waals surface area contributed by atoms with Crippen molar-refractivity contribution in [3.8, 4) is 5.75 Å². The van der Waals surface area contributed by atoms with Crippen molar-refractivity contribution >= 4 is 27.3 Å². The zero-order chi connectivity index (χ0) is 20.1. The lowest BCUT2D eigenvalue weighted by Gasteiger charge is -2.36.